The highest BCUT2D eigenvalue weighted by molar-refractivity contribution is 7.87. The van der Waals surface area contributed by atoms with Crippen molar-refractivity contribution in [2.75, 3.05) is 5.32 Å². The standard InChI is InChI=1S/C17H20N4O6S/c1-9-6-10(2)16(11(3)7-9)28(24,25)27-15-8-14(19-12(4)22)21(17(18)20-15)26-13(5)23/h6-8,18H,1-5H3,(H,19,22). The quantitative estimate of drug-likeness (QED) is 0.703. The van der Waals surface area contributed by atoms with Gasteiger partial charge in [-0.1, -0.05) is 17.7 Å². The van der Waals surface area contributed by atoms with E-state index in [9.17, 15) is 18.0 Å². The Labute approximate surface area is 161 Å². The van der Waals surface area contributed by atoms with Gasteiger partial charge in [-0.2, -0.15) is 13.4 Å². The van der Waals surface area contributed by atoms with Gasteiger partial charge in [0, 0.05) is 19.9 Å². The maximum absolute atomic E-state index is 12.8. The molecule has 28 heavy (non-hydrogen) atoms. The lowest BCUT2D eigenvalue weighted by molar-refractivity contribution is -0.142. The number of rotatable bonds is 5. The smallest absolute Gasteiger partial charge is 0.341 e. The van der Waals surface area contributed by atoms with Crippen molar-refractivity contribution in [1.82, 2.24) is 9.71 Å². The number of carbonyl (C=O) groups excluding carboxylic acids is 2. The van der Waals surface area contributed by atoms with E-state index in [4.69, 9.17) is 14.4 Å². The minimum Gasteiger partial charge on any atom is -0.358 e. The SMILES string of the molecule is CC(=O)Nc1cc(OS(=O)(=O)c2c(C)cc(C)cc2C)nc(=N)n1OC(C)=O. The first-order valence-electron chi connectivity index (χ1n) is 8.08. The van der Waals surface area contributed by atoms with E-state index in [1.165, 1.54) is 6.92 Å². The van der Waals surface area contributed by atoms with E-state index in [2.05, 4.69) is 10.3 Å². The molecule has 11 heteroatoms. The Kier molecular flexibility index (Phi) is 5.88. The third kappa shape index (κ3) is 4.74. The molecule has 0 radical (unpaired) electrons. The molecule has 0 bridgehead atoms. The van der Waals surface area contributed by atoms with E-state index in [1.54, 1.807) is 26.0 Å². The fourth-order valence-corrected chi connectivity index (χ4v) is 4.02. The number of carbonyl (C=O) groups is 2. The van der Waals surface area contributed by atoms with Crippen molar-refractivity contribution in [3.05, 3.63) is 40.5 Å². The summed E-state index contributed by atoms with van der Waals surface area (Å²) in [7, 11) is -4.26. The van der Waals surface area contributed by atoms with Crippen LogP contribution in [0.2, 0.25) is 0 Å². The molecular formula is C17H20N4O6S. The Balaban J connectivity index is 2.54. The summed E-state index contributed by atoms with van der Waals surface area (Å²) >= 11 is 0. The van der Waals surface area contributed by atoms with Gasteiger partial charge < -0.3 is 14.3 Å². The molecule has 1 aromatic heterocycles. The van der Waals surface area contributed by atoms with Crippen molar-refractivity contribution in [1.29, 1.82) is 5.41 Å². The highest BCUT2D eigenvalue weighted by Crippen LogP contribution is 2.25. The van der Waals surface area contributed by atoms with Crippen LogP contribution in [0.15, 0.2) is 23.1 Å². The number of aryl methyl sites for hydroxylation is 3. The maximum atomic E-state index is 12.8. The minimum atomic E-state index is -4.26. The zero-order valence-corrected chi connectivity index (χ0v) is 16.8. The third-order valence-electron chi connectivity index (χ3n) is 3.46. The summed E-state index contributed by atoms with van der Waals surface area (Å²) < 4.78 is 31.3. The van der Waals surface area contributed by atoms with E-state index < -0.39 is 33.5 Å². The van der Waals surface area contributed by atoms with Crippen molar-refractivity contribution in [2.24, 2.45) is 0 Å². The number of anilines is 1. The van der Waals surface area contributed by atoms with E-state index in [-0.39, 0.29) is 10.7 Å². The van der Waals surface area contributed by atoms with Crippen molar-refractivity contribution in [3.8, 4) is 5.88 Å². The van der Waals surface area contributed by atoms with Crippen LogP contribution in [0.25, 0.3) is 0 Å². The lowest BCUT2D eigenvalue weighted by Gasteiger charge is -2.15. The lowest BCUT2D eigenvalue weighted by Crippen LogP contribution is -2.34. The molecule has 10 nitrogen and oxygen atoms in total. The summed E-state index contributed by atoms with van der Waals surface area (Å²) in [5.41, 5.74) is 1.24. The molecule has 0 aliphatic rings. The minimum absolute atomic E-state index is 0.00998. The van der Waals surface area contributed by atoms with Gasteiger partial charge >= 0.3 is 16.1 Å². The maximum Gasteiger partial charge on any atom is 0.341 e. The number of hydrogen-bond acceptors (Lipinski definition) is 8. The largest absolute Gasteiger partial charge is 0.358 e. The van der Waals surface area contributed by atoms with Gasteiger partial charge in [0.15, 0.2) is 5.82 Å². The second kappa shape index (κ2) is 7.80. The summed E-state index contributed by atoms with van der Waals surface area (Å²) in [6.07, 6.45) is 0. The van der Waals surface area contributed by atoms with Gasteiger partial charge in [-0.25, -0.2) is 4.79 Å². The van der Waals surface area contributed by atoms with Crippen LogP contribution in [0.1, 0.15) is 30.5 Å². The summed E-state index contributed by atoms with van der Waals surface area (Å²) in [6.45, 7) is 7.42. The summed E-state index contributed by atoms with van der Waals surface area (Å²) in [4.78, 5) is 31.1. The first-order valence-corrected chi connectivity index (χ1v) is 9.49. The van der Waals surface area contributed by atoms with Crippen LogP contribution < -0.4 is 20.0 Å². The number of nitrogens with one attached hydrogen (secondary N) is 2. The summed E-state index contributed by atoms with van der Waals surface area (Å²) in [6, 6.07) is 4.45. The highest BCUT2D eigenvalue weighted by atomic mass is 32.2. The molecule has 0 aliphatic heterocycles. The van der Waals surface area contributed by atoms with Crippen molar-refractivity contribution in [2.45, 2.75) is 39.5 Å². The fraction of sp³-hybridized carbons (Fsp3) is 0.294. The molecule has 0 saturated heterocycles. The fourth-order valence-electron chi connectivity index (χ4n) is 2.72. The first-order chi connectivity index (χ1) is 12.9. The topological polar surface area (TPSA) is 140 Å². The third-order valence-corrected chi connectivity index (χ3v) is 5.00. The van der Waals surface area contributed by atoms with Gasteiger partial charge in [0.1, 0.15) is 4.90 Å². The lowest BCUT2D eigenvalue weighted by atomic mass is 10.1. The second-order valence-electron chi connectivity index (χ2n) is 6.13. The number of aromatic nitrogens is 2. The van der Waals surface area contributed by atoms with E-state index >= 15 is 0 Å². The predicted octanol–water partition coefficient (Wildman–Crippen LogP) is 0.989. The molecule has 0 spiro atoms. The average Bonchev–Trinajstić information content (AvgIpc) is 2.48. The molecule has 1 heterocycles. The molecule has 2 N–H and O–H groups in total. The van der Waals surface area contributed by atoms with E-state index in [0.717, 1.165) is 18.6 Å². The van der Waals surface area contributed by atoms with Crippen LogP contribution in [0.4, 0.5) is 5.82 Å². The van der Waals surface area contributed by atoms with Gasteiger partial charge in [-0.15, -0.1) is 4.73 Å². The first kappa shape index (κ1) is 21.1. The van der Waals surface area contributed by atoms with Crippen LogP contribution in [0.5, 0.6) is 5.88 Å². The molecule has 0 unspecified atom stereocenters. The Bertz CT molecular complexity index is 1100. The van der Waals surface area contributed by atoms with Gasteiger partial charge in [0.05, 0.1) is 0 Å². The molecule has 0 aliphatic carbocycles. The predicted molar refractivity (Wildman–Crippen MR) is 98.1 cm³/mol. The Morgan fingerprint density at radius 1 is 1.11 bits per heavy atom. The Morgan fingerprint density at radius 3 is 2.18 bits per heavy atom. The number of hydrogen-bond donors (Lipinski definition) is 2. The molecule has 2 rings (SSSR count). The molecular weight excluding hydrogens is 388 g/mol. The number of benzene rings is 1. The Hall–Kier alpha value is -3.21. The molecule has 1 amide bonds. The Morgan fingerprint density at radius 2 is 1.68 bits per heavy atom. The molecule has 0 atom stereocenters. The molecule has 1 aromatic carbocycles. The van der Waals surface area contributed by atoms with Crippen LogP contribution in [0.3, 0.4) is 0 Å². The summed E-state index contributed by atoms with van der Waals surface area (Å²) in [5.74, 6) is -1.95. The molecule has 150 valence electrons. The van der Waals surface area contributed by atoms with Gasteiger partial charge in [-0.05, 0) is 31.9 Å². The zero-order chi connectivity index (χ0) is 21.2. The van der Waals surface area contributed by atoms with Crippen LogP contribution in [-0.2, 0) is 19.7 Å². The van der Waals surface area contributed by atoms with Crippen LogP contribution in [-0.4, -0.2) is 30.0 Å². The zero-order valence-electron chi connectivity index (χ0n) is 16.0. The number of nitrogens with zero attached hydrogens (tertiary/aromatic N) is 2. The second-order valence-corrected chi connectivity index (χ2v) is 7.61. The van der Waals surface area contributed by atoms with Crippen molar-refractivity contribution < 1.29 is 27.0 Å². The molecule has 0 fully saturated rings. The summed E-state index contributed by atoms with van der Waals surface area (Å²) in [5, 5.41) is 10.2. The van der Waals surface area contributed by atoms with Gasteiger partial charge in [0.2, 0.25) is 11.8 Å². The van der Waals surface area contributed by atoms with E-state index in [0.29, 0.717) is 15.9 Å². The molecule has 0 saturated carbocycles. The van der Waals surface area contributed by atoms with Crippen LogP contribution >= 0.6 is 0 Å². The van der Waals surface area contributed by atoms with Crippen molar-refractivity contribution in [3.63, 3.8) is 0 Å². The van der Waals surface area contributed by atoms with Crippen molar-refractivity contribution >= 4 is 27.8 Å². The normalized spacial score (nSPS) is 11.0. The highest BCUT2D eigenvalue weighted by Gasteiger charge is 2.24. The van der Waals surface area contributed by atoms with Crippen LogP contribution in [0, 0.1) is 26.2 Å². The average molecular weight is 408 g/mol. The molecule has 2 aromatic rings. The number of amides is 1. The van der Waals surface area contributed by atoms with E-state index in [1.807, 2.05) is 6.92 Å². The monoisotopic (exact) mass is 408 g/mol. The van der Waals surface area contributed by atoms with Gasteiger partial charge in [0.25, 0.3) is 5.62 Å². The van der Waals surface area contributed by atoms with Gasteiger partial charge in [-0.3, -0.25) is 10.2 Å².